The van der Waals surface area contributed by atoms with Crippen molar-refractivity contribution >= 4 is 5.97 Å². The van der Waals surface area contributed by atoms with Crippen LogP contribution >= 0.6 is 0 Å². The van der Waals surface area contributed by atoms with E-state index in [9.17, 15) is 4.79 Å². The first-order valence-corrected chi connectivity index (χ1v) is 10.3. The van der Waals surface area contributed by atoms with E-state index in [0.29, 0.717) is 6.42 Å². The summed E-state index contributed by atoms with van der Waals surface area (Å²) in [7, 11) is 0. The molecule has 0 saturated heterocycles. The molecule has 0 atom stereocenters. The average molecular weight is 337 g/mol. The Morgan fingerprint density at radius 1 is 0.625 bits per heavy atom. The quantitative estimate of drug-likeness (QED) is 0.208. The van der Waals surface area contributed by atoms with Crippen LogP contribution in [0, 0.1) is 0 Å². The number of allylic oxidation sites excluding steroid dienone is 4. The average Bonchev–Trinajstić information content (AvgIpc) is 2.56. The predicted molar refractivity (Wildman–Crippen MR) is 105 cm³/mol. The summed E-state index contributed by atoms with van der Waals surface area (Å²) in [4.78, 5) is 10.4. The first-order chi connectivity index (χ1) is 11.8. The fraction of sp³-hybridized carbons (Fsp3) is 0.773. The highest BCUT2D eigenvalue weighted by Gasteiger charge is 1.94. The number of hydrogen-bond donors (Lipinski definition) is 1. The SMILES string of the molecule is CCCCCCCCCCC=CCCC=CCCCCCC(=O)O. The minimum absolute atomic E-state index is 0.313. The van der Waals surface area contributed by atoms with Crippen LogP contribution in [0.1, 0.15) is 110 Å². The Morgan fingerprint density at radius 3 is 1.54 bits per heavy atom. The van der Waals surface area contributed by atoms with Crippen LogP contribution in [0.4, 0.5) is 0 Å². The van der Waals surface area contributed by atoms with Gasteiger partial charge in [0.1, 0.15) is 0 Å². The maximum Gasteiger partial charge on any atom is 0.303 e. The van der Waals surface area contributed by atoms with Crippen molar-refractivity contribution in [2.45, 2.75) is 110 Å². The fourth-order valence-electron chi connectivity index (χ4n) is 2.78. The summed E-state index contributed by atoms with van der Waals surface area (Å²) in [6.07, 6.45) is 28.2. The summed E-state index contributed by atoms with van der Waals surface area (Å²) in [5.74, 6) is -0.677. The van der Waals surface area contributed by atoms with E-state index in [4.69, 9.17) is 5.11 Å². The molecule has 0 aliphatic carbocycles. The summed E-state index contributed by atoms with van der Waals surface area (Å²) in [5.41, 5.74) is 0. The molecule has 24 heavy (non-hydrogen) atoms. The molecule has 0 aromatic carbocycles. The highest BCUT2D eigenvalue weighted by atomic mass is 16.4. The number of aliphatic carboxylic acids is 1. The van der Waals surface area contributed by atoms with Crippen molar-refractivity contribution in [3.8, 4) is 0 Å². The molecule has 0 aromatic heterocycles. The van der Waals surface area contributed by atoms with Crippen molar-refractivity contribution in [2.75, 3.05) is 0 Å². The molecule has 2 heteroatoms. The molecule has 0 aliphatic rings. The lowest BCUT2D eigenvalue weighted by atomic mass is 10.1. The lowest BCUT2D eigenvalue weighted by Gasteiger charge is -1.99. The summed E-state index contributed by atoms with van der Waals surface area (Å²) >= 11 is 0. The van der Waals surface area contributed by atoms with E-state index in [0.717, 1.165) is 38.5 Å². The zero-order valence-electron chi connectivity index (χ0n) is 16.0. The number of hydrogen-bond acceptors (Lipinski definition) is 1. The minimum Gasteiger partial charge on any atom is -0.481 e. The molecule has 0 spiro atoms. The summed E-state index contributed by atoms with van der Waals surface area (Å²) in [6.45, 7) is 2.27. The third kappa shape index (κ3) is 20.9. The highest BCUT2D eigenvalue weighted by Crippen LogP contribution is 2.10. The lowest BCUT2D eigenvalue weighted by molar-refractivity contribution is -0.137. The maximum atomic E-state index is 10.4. The van der Waals surface area contributed by atoms with Crippen molar-refractivity contribution in [2.24, 2.45) is 0 Å². The molecule has 0 amide bonds. The zero-order chi connectivity index (χ0) is 17.7. The van der Waals surface area contributed by atoms with Crippen molar-refractivity contribution in [1.29, 1.82) is 0 Å². The Balaban J connectivity index is 3.18. The summed E-state index contributed by atoms with van der Waals surface area (Å²) < 4.78 is 0. The molecule has 0 aliphatic heterocycles. The summed E-state index contributed by atoms with van der Waals surface area (Å²) in [5, 5.41) is 8.54. The van der Waals surface area contributed by atoms with Crippen molar-refractivity contribution in [3.05, 3.63) is 24.3 Å². The Hall–Kier alpha value is -1.05. The third-order valence-corrected chi connectivity index (χ3v) is 4.32. The van der Waals surface area contributed by atoms with Crippen LogP contribution < -0.4 is 0 Å². The van der Waals surface area contributed by atoms with Gasteiger partial charge >= 0.3 is 5.97 Å². The molecule has 0 radical (unpaired) electrons. The largest absolute Gasteiger partial charge is 0.481 e. The van der Waals surface area contributed by atoms with Crippen LogP contribution in [-0.4, -0.2) is 11.1 Å². The van der Waals surface area contributed by atoms with E-state index in [2.05, 4.69) is 31.2 Å². The molecule has 2 nitrogen and oxygen atoms in total. The van der Waals surface area contributed by atoms with Gasteiger partial charge < -0.3 is 5.11 Å². The van der Waals surface area contributed by atoms with Gasteiger partial charge in [0, 0.05) is 6.42 Å². The van der Waals surface area contributed by atoms with Crippen LogP contribution in [0.3, 0.4) is 0 Å². The van der Waals surface area contributed by atoms with Gasteiger partial charge in [0.2, 0.25) is 0 Å². The number of rotatable bonds is 18. The van der Waals surface area contributed by atoms with E-state index >= 15 is 0 Å². The molecular formula is C22H40O2. The fourth-order valence-corrected chi connectivity index (χ4v) is 2.78. The van der Waals surface area contributed by atoms with Crippen LogP contribution in [0.5, 0.6) is 0 Å². The van der Waals surface area contributed by atoms with Crippen LogP contribution in [-0.2, 0) is 4.79 Å². The van der Waals surface area contributed by atoms with Crippen LogP contribution in [0.25, 0.3) is 0 Å². The second-order valence-corrected chi connectivity index (χ2v) is 6.78. The van der Waals surface area contributed by atoms with Gasteiger partial charge in [0.25, 0.3) is 0 Å². The number of carboxylic acids is 1. The maximum absolute atomic E-state index is 10.4. The Kier molecular flexibility index (Phi) is 19.1. The first kappa shape index (κ1) is 22.9. The monoisotopic (exact) mass is 336 g/mol. The molecule has 0 saturated carbocycles. The predicted octanol–water partition coefficient (Wildman–Crippen LogP) is 7.44. The number of unbranched alkanes of at least 4 members (excludes halogenated alkanes) is 12. The lowest BCUT2D eigenvalue weighted by Crippen LogP contribution is -1.93. The second kappa shape index (κ2) is 20.0. The Bertz CT molecular complexity index is 318. The molecule has 0 unspecified atom stereocenters. The number of carboxylic acid groups (broad SMARTS) is 1. The van der Waals surface area contributed by atoms with E-state index in [1.54, 1.807) is 0 Å². The topological polar surface area (TPSA) is 37.3 Å². The van der Waals surface area contributed by atoms with Crippen molar-refractivity contribution in [1.82, 2.24) is 0 Å². The number of carbonyl (C=O) groups is 1. The zero-order valence-corrected chi connectivity index (χ0v) is 16.0. The highest BCUT2D eigenvalue weighted by molar-refractivity contribution is 5.66. The molecule has 0 rings (SSSR count). The third-order valence-electron chi connectivity index (χ3n) is 4.32. The molecule has 0 aromatic rings. The van der Waals surface area contributed by atoms with Crippen LogP contribution in [0.2, 0.25) is 0 Å². The summed E-state index contributed by atoms with van der Waals surface area (Å²) in [6, 6.07) is 0. The second-order valence-electron chi connectivity index (χ2n) is 6.78. The van der Waals surface area contributed by atoms with Crippen molar-refractivity contribution < 1.29 is 9.90 Å². The van der Waals surface area contributed by atoms with Gasteiger partial charge in [-0.3, -0.25) is 4.79 Å². The molecule has 0 bridgehead atoms. The van der Waals surface area contributed by atoms with E-state index in [-0.39, 0.29) is 0 Å². The Labute approximate surface area is 150 Å². The normalized spacial score (nSPS) is 11.7. The standard InChI is InChI=1S/C22H40O2/c1-2-3-4-5-6-7-8-9-10-11-12-13-14-15-16-17-18-19-20-21-22(23)24/h11-12,15-16H,2-10,13-14,17-21H2,1H3,(H,23,24). The van der Waals surface area contributed by atoms with Gasteiger partial charge in [-0.2, -0.15) is 0 Å². The molecular weight excluding hydrogens is 296 g/mol. The first-order valence-electron chi connectivity index (χ1n) is 10.3. The van der Waals surface area contributed by atoms with Gasteiger partial charge in [-0.25, -0.2) is 0 Å². The van der Waals surface area contributed by atoms with E-state index < -0.39 is 5.97 Å². The van der Waals surface area contributed by atoms with Gasteiger partial charge in [0.15, 0.2) is 0 Å². The van der Waals surface area contributed by atoms with Gasteiger partial charge in [-0.05, 0) is 44.9 Å². The van der Waals surface area contributed by atoms with Crippen LogP contribution in [0.15, 0.2) is 24.3 Å². The van der Waals surface area contributed by atoms with Gasteiger partial charge in [-0.1, -0.05) is 82.6 Å². The van der Waals surface area contributed by atoms with Gasteiger partial charge in [0.05, 0.1) is 0 Å². The van der Waals surface area contributed by atoms with E-state index in [1.165, 1.54) is 57.8 Å². The molecule has 0 heterocycles. The molecule has 0 fully saturated rings. The molecule has 140 valence electrons. The van der Waals surface area contributed by atoms with Gasteiger partial charge in [-0.15, -0.1) is 0 Å². The smallest absolute Gasteiger partial charge is 0.303 e. The Morgan fingerprint density at radius 2 is 1.04 bits per heavy atom. The van der Waals surface area contributed by atoms with E-state index in [1.807, 2.05) is 0 Å². The minimum atomic E-state index is -0.677. The van der Waals surface area contributed by atoms with Crippen molar-refractivity contribution in [3.63, 3.8) is 0 Å². The molecule has 1 N–H and O–H groups in total.